The van der Waals surface area contributed by atoms with Crippen LogP contribution in [0.25, 0.3) is 0 Å². The van der Waals surface area contributed by atoms with E-state index in [9.17, 15) is 19.2 Å². The molecule has 3 atom stereocenters. The van der Waals surface area contributed by atoms with Crippen LogP contribution in [0.15, 0.2) is 91.0 Å². The standard InChI is InChI=1S/C11H13NO3.2C9H11NO2.4CH4.H2S/c1-8(13)12-10(7-11(14)15)9-5-3-2-4-6-9;2*10-8(6-9(11)12)7-4-2-1-3-5-7;;;;;/h2-6,10H,7H2,1H3,(H,12,13)(H,14,15);2*1-5,8H,6,10H2,(H,11,12);4*1H4;1H2/t;2*8-;;;;;/m.10...../s1. The highest BCUT2D eigenvalue weighted by Gasteiger charge is 2.15. The number of amides is 1. The maximum absolute atomic E-state index is 10.9. The smallest absolute Gasteiger partial charge is 0.305 e. The van der Waals surface area contributed by atoms with Crippen LogP contribution in [-0.4, -0.2) is 39.1 Å². The summed E-state index contributed by atoms with van der Waals surface area (Å²) in [4.78, 5) is 42.1. The van der Waals surface area contributed by atoms with Gasteiger partial charge in [-0.3, -0.25) is 19.2 Å². The van der Waals surface area contributed by atoms with Crippen LogP contribution >= 0.6 is 13.5 Å². The number of benzene rings is 3. The number of carbonyl (C=O) groups is 4. The molecule has 0 aliphatic rings. The van der Waals surface area contributed by atoms with Crippen LogP contribution in [0.5, 0.6) is 0 Å². The van der Waals surface area contributed by atoms with E-state index < -0.39 is 36.0 Å². The summed E-state index contributed by atoms with van der Waals surface area (Å²) in [5, 5.41) is 28.2. The molecule has 3 aromatic rings. The molecule has 0 aliphatic carbocycles. The first kappa shape index (κ1) is 49.5. The van der Waals surface area contributed by atoms with E-state index in [-0.39, 0.29) is 68.4 Å². The second-order valence-electron chi connectivity index (χ2n) is 8.49. The summed E-state index contributed by atoms with van der Waals surface area (Å²) in [6, 6.07) is 26.2. The molecular formula is C33H53N3O7S. The summed E-state index contributed by atoms with van der Waals surface area (Å²) in [6.07, 6.45) is -0.155. The largest absolute Gasteiger partial charge is 0.481 e. The maximum Gasteiger partial charge on any atom is 0.305 e. The van der Waals surface area contributed by atoms with Gasteiger partial charge in [0.2, 0.25) is 5.91 Å². The Morgan fingerprint density at radius 1 is 0.568 bits per heavy atom. The van der Waals surface area contributed by atoms with E-state index in [1.807, 2.05) is 78.9 Å². The average Bonchev–Trinajstić information content (AvgIpc) is 2.89. The van der Waals surface area contributed by atoms with Crippen LogP contribution in [-0.2, 0) is 19.2 Å². The lowest BCUT2D eigenvalue weighted by molar-refractivity contribution is -0.138. The Morgan fingerprint density at radius 3 is 1.09 bits per heavy atom. The van der Waals surface area contributed by atoms with Crippen molar-refractivity contribution in [2.24, 2.45) is 11.5 Å². The van der Waals surface area contributed by atoms with Crippen LogP contribution in [0.4, 0.5) is 0 Å². The van der Waals surface area contributed by atoms with Crippen molar-refractivity contribution in [3.8, 4) is 0 Å². The van der Waals surface area contributed by atoms with Crippen LogP contribution in [0.1, 0.15) is 90.7 Å². The van der Waals surface area contributed by atoms with Crippen LogP contribution in [0.2, 0.25) is 0 Å². The molecule has 0 spiro atoms. The molecule has 10 nitrogen and oxygen atoms in total. The van der Waals surface area contributed by atoms with Crippen molar-refractivity contribution in [3.05, 3.63) is 108 Å². The number of carboxylic acids is 3. The van der Waals surface area contributed by atoms with Gasteiger partial charge in [-0.05, 0) is 16.7 Å². The molecule has 3 rings (SSSR count). The van der Waals surface area contributed by atoms with Gasteiger partial charge in [-0.2, -0.15) is 13.5 Å². The van der Waals surface area contributed by atoms with Crippen molar-refractivity contribution < 1.29 is 34.5 Å². The Balaban J connectivity index is -0.000000165. The van der Waals surface area contributed by atoms with E-state index in [1.54, 1.807) is 12.1 Å². The van der Waals surface area contributed by atoms with E-state index in [2.05, 4.69) is 5.32 Å². The highest BCUT2D eigenvalue weighted by molar-refractivity contribution is 7.59. The molecule has 0 aliphatic heterocycles. The van der Waals surface area contributed by atoms with Gasteiger partial charge in [-0.15, -0.1) is 0 Å². The first-order valence-corrected chi connectivity index (χ1v) is 12.1. The second-order valence-corrected chi connectivity index (χ2v) is 8.49. The summed E-state index contributed by atoms with van der Waals surface area (Å²) in [5.41, 5.74) is 13.8. The highest BCUT2D eigenvalue weighted by Crippen LogP contribution is 2.16. The van der Waals surface area contributed by atoms with Crippen molar-refractivity contribution in [3.63, 3.8) is 0 Å². The molecule has 3 aromatic carbocycles. The number of aliphatic carboxylic acids is 3. The summed E-state index contributed by atoms with van der Waals surface area (Å²) in [7, 11) is 0. The maximum atomic E-state index is 10.9. The zero-order chi connectivity index (χ0) is 29.2. The molecule has 8 N–H and O–H groups in total. The average molecular weight is 636 g/mol. The minimum atomic E-state index is -0.933. The quantitative estimate of drug-likeness (QED) is 0.148. The van der Waals surface area contributed by atoms with Gasteiger partial charge in [0.15, 0.2) is 0 Å². The molecule has 0 aromatic heterocycles. The molecule has 0 saturated carbocycles. The zero-order valence-corrected chi connectivity index (χ0v) is 23.1. The fourth-order valence-corrected chi connectivity index (χ4v) is 3.37. The van der Waals surface area contributed by atoms with Crippen LogP contribution in [0.3, 0.4) is 0 Å². The molecule has 1 amide bonds. The lowest BCUT2D eigenvalue weighted by atomic mass is 10.0. The predicted octanol–water partition coefficient (Wildman–Crippen LogP) is 6.32. The van der Waals surface area contributed by atoms with Gasteiger partial charge in [0.1, 0.15) is 0 Å². The first-order chi connectivity index (χ1) is 18.5. The van der Waals surface area contributed by atoms with E-state index in [0.29, 0.717) is 0 Å². The third-order valence-corrected chi connectivity index (χ3v) is 5.20. The van der Waals surface area contributed by atoms with Crippen molar-refractivity contribution in [2.45, 2.75) is 74.0 Å². The SMILES string of the molecule is C.C.C.C.CC(=O)NC(CC(=O)O)c1ccccc1.N[C@@H](CC(=O)O)c1ccccc1.N[C@H](CC(=O)O)c1ccccc1.S. The number of nitrogens with two attached hydrogens (primary N) is 2. The minimum absolute atomic E-state index is 0. The van der Waals surface area contributed by atoms with Gasteiger partial charge in [-0.25, -0.2) is 0 Å². The Bertz CT molecular complexity index is 1090. The van der Waals surface area contributed by atoms with Crippen molar-refractivity contribution in [2.75, 3.05) is 0 Å². The predicted molar refractivity (Wildman–Crippen MR) is 184 cm³/mol. The molecule has 0 radical (unpaired) electrons. The van der Waals surface area contributed by atoms with E-state index in [0.717, 1.165) is 16.7 Å². The molecule has 0 fully saturated rings. The summed E-state index contributed by atoms with van der Waals surface area (Å²) >= 11 is 0. The van der Waals surface area contributed by atoms with E-state index in [4.69, 9.17) is 26.8 Å². The third-order valence-electron chi connectivity index (χ3n) is 5.20. The Morgan fingerprint density at radius 2 is 0.841 bits per heavy atom. The minimum Gasteiger partial charge on any atom is -0.481 e. The van der Waals surface area contributed by atoms with Crippen molar-refractivity contribution in [1.82, 2.24) is 5.32 Å². The summed E-state index contributed by atoms with van der Waals surface area (Å²) in [5.74, 6) is -2.90. The number of carbonyl (C=O) groups excluding carboxylic acids is 1. The number of rotatable bonds is 10. The molecule has 248 valence electrons. The van der Waals surface area contributed by atoms with Gasteiger partial charge in [0, 0.05) is 19.0 Å². The van der Waals surface area contributed by atoms with Crippen molar-refractivity contribution in [1.29, 1.82) is 0 Å². The second kappa shape index (κ2) is 27.6. The van der Waals surface area contributed by atoms with Gasteiger partial charge >= 0.3 is 17.9 Å². The summed E-state index contributed by atoms with van der Waals surface area (Å²) in [6.45, 7) is 1.37. The molecule has 44 heavy (non-hydrogen) atoms. The van der Waals surface area contributed by atoms with Crippen LogP contribution in [0, 0.1) is 0 Å². The van der Waals surface area contributed by atoms with Gasteiger partial charge < -0.3 is 32.1 Å². The Labute approximate surface area is 270 Å². The zero-order valence-electron chi connectivity index (χ0n) is 22.1. The lowest BCUT2D eigenvalue weighted by Gasteiger charge is -2.15. The van der Waals surface area contributed by atoms with Gasteiger partial charge in [-0.1, -0.05) is 121 Å². The Kier molecular flexibility index (Phi) is 31.1. The fraction of sp³-hybridized carbons (Fsp3) is 0.333. The highest BCUT2D eigenvalue weighted by atomic mass is 32.1. The number of nitrogens with one attached hydrogen (secondary N) is 1. The number of carboxylic acid groups (broad SMARTS) is 3. The number of hydrogen-bond donors (Lipinski definition) is 6. The first-order valence-electron chi connectivity index (χ1n) is 12.1. The van der Waals surface area contributed by atoms with Crippen molar-refractivity contribution >= 4 is 37.3 Å². The molecule has 1 unspecified atom stereocenters. The van der Waals surface area contributed by atoms with Gasteiger partial charge in [0.05, 0.1) is 25.3 Å². The normalized spacial score (nSPS) is 10.8. The lowest BCUT2D eigenvalue weighted by Crippen LogP contribution is -2.27. The molecular weight excluding hydrogens is 582 g/mol. The topological polar surface area (TPSA) is 193 Å². The van der Waals surface area contributed by atoms with Crippen LogP contribution < -0.4 is 16.8 Å². The molecule has 11 heteroatoms. The van der Waals surface area contributed by atoms with Gasteiger partial charge in [0.25, 0.3) is 0 Å². The van der Waals surface area contributed by atoms with E-state index >= 15 is 0 Å². The third kappa shape index (κ3) is 22.4. The molecule has 0 bridgehead atoms. The summed E-state index contributed by atoms with van der Waals surface area (Å²) < 4.78 is 0. The fourth-order valence-electron chi connectivity index (χ4n) is 3.37. The molecule has 0 saturated heterocycles. The number of hydrogen-bond acceptors (Lipinski definition) is 6. The Hall–Kier alpha value is -4.19. The monoisotopic (exact) mass is 635 g/mol. The van der Waals surface area contributed by atoms with E-state index in [1.165, 1.54) is 6.92 Å². The molecule has 0 heterocycles.